The van der Waals surface area contributed by atoms with Crippen molar-refractivity contribution in [2.24, 2.45) is 17.1 Å². The molecular weight excluding hydrogens is 318 g/mol. The fourth-order valence-corrected chi connectivity index (χ4v) is 2.91. The van der Waals surface area contributed by atoms with Crippen LogP contribution in [0.3, 0.4) is 0 Å². The maximum Gasteiger partial charge on any atom is 0.233 e. The summed E-state index contributed by atoms with van der Waals surface area (Å²) in [5.74, 6) is 1.30. The molecule has 0 radical (unpaired) electrons. The molecule has 1 aliphatic carbocycles. The zero-order valence-corrected chi connectivity index (χ0v) is 13.7. The van der Waals surface area contributed by atoms with E-state index in [-0.39, 0.29) is 5.91 Å². The minimum Gasteiger partial charge on any atom is -0.329 e. The predicted molar refractivity (Wildman–Crippen MR) is 84.4 cm³/mol. The molecule has 3 N–H and O–H groups in total. The van der Waals surface area contributed by atoms with Crippen molar-refractivity contribution in [3.8, 4) is 0 Å². The summed E-state index contributed by atoms with van der Waals surface area (Å²) in [5.41, 5.74) is 6.53. The van der Waals surface area contributed by atoms with Crippen LogP contribution in [0.4, 0.5) is 5.82 Å². The van der Waals surface area contributed by atoms with E-state index < -0.39 is 5.41 Å². The Labute approximate surface area is 128 Å². The lowest BCUT2D eigenvalue weighted by atomic mass is 9.70. The molecule has 5 heteroatoms. The Morgan fingerprint density at radius 3 is 2.75 bits per heavy atom. The van der Waals surface area contributed by atoms with E-state index in [1.165, 1.54) is 0 Å². The van der Waals surface area contributed by atoms with E-state index in [4.69, 9.17) is 5.73 Å². The van der Waals surface area contributed by atoms with Crippen molar-refractivity contribution in [1.82, 2.24) is 4.98 Å². The lowest BCUT2D eigenvalue weighted by molar-refractivity contribution is -0.127. The van der Waals surface area contributed by atoms with Gasteiger partial charge >= 0.3 is 0 Å². The summed E-state index contributed by atoms with van der Waals surface area (Å²) in [5, 5.41) is 2.94. The molecule has 1 amide bonds. The highest BCUT2D eigenvalue weighted by molar-refractivity contribution is 9.10. The number of aromatic nitrogens is 1. The van der Waals surface area contributed by atoms with E-state index in [1.807, 2.05) is 13.0 Å². The number of rotatable bonds is 3. The van der Waals surface area contributed by atoms with Crippen LogP contribution in [0.25, 0.3) is 0 Å². The molecule has 0 saturated heterocycles. The highest BCUT2D eigenvalue weighted by Gasteiger charge is 2.39. The van der Waals surface area contributed by atoms with Crippen LogP contribution in [0, 0.1) is 18.3 Å². The fraction of sp³-hybridized carbons (Fsp3) is 0.600. The molecule has 1 aliphatic rings. The normalized spacial score (nSPS) is 26.3. The molecule has 110 valence electrons. The van der Waals surface area contributed by atoms with Gasteiger partial charge in [-0.1, -0.05) is 6.92 Å². The molecule has 0 aromatic carbocycles. The molecule has 1 saturated carbocycles. The highest BCUT2D eigenvalue weighted by atomic mass is 79.9. The number of nitrogens with two attached hydrogens (primary N) is 1. The minimum absolute atomic E-state index is 0.0149. The summed E-state index contributed by atoms with van der Waals surface area (Å²) in [6, 6.07) is 1.87. The molecule has 1 aromatic heterocycles. The summed E-state index contributed by atoms with van der Waals surface area (Å²) in [6.07, 6.45) is 5.58. The Kier molecular flexibility index (Phi) is 4.81. The number of carbonyl (C=O) groups is 1. The molecular formula is C15H22BrN3O. The van der Waals surface area contributed by atoms with Crippen LogP contribution in [0.1, 0.15) is 38.2 Å². The standard InChI is InChI=1S/C15H22BrN3O/c1-10-3-5-15(9-17,6-4-10)14(20)19-13-7-11(2)12(16)8-18-13/h7-8,10H,3-6,9,17H2,1-2H3,(H,18,19,20). The van der Waals surface area contributed by atoms with Gasteiger partial charge in [0.25, 0.3) is 0 Å². The van der Waals surface area contributed by atoms with Gasteiger partial charge < -0.3 is 11.1 Å². The van der Waals surface area contributed by atoms with Gasteiger partial charge in [0, 0.05) is 17.2 Å². The first-order chi connectivity index (χ1) is 9.47. The molecule has 0 spiro atoms. The first-order valence-electron chi connectivity index (χ1n) is 7.10. The van der Waals surface area contributed by atoms with E-state index >= 15 is 0 Å². The van der Waals surface area contributed by atoms with E-state index in [9.17, 15) is 4.79 Å². The Morgan fingerprint density at radius 2 is 2.20 bits per heavy atom. The molecule has 20 heavy (non-hydrogen) atoms. The number of pyridine rings is 1. The molecule has 0 atom stereocenters. The van der Waals surface area contributed by atoms with Crippen LogP contribution in [0.5, 0.6) is 0 Å². The van der Waals surface area contributed by atoms with Crippen LogP contribution in [-0.2, 0) is 4.79 Å². The van der Waals surface area contributed by atoms with Crippen LogP contribution in [0.15, 0.2) is 16.7 Å². The number of nitrogens with one attached hydrogen (secondary N) is 1. The van der Waals surface area contributed by atoms with Gasteiger partial charge in [0.05, 0.1) is 5.41 Å². The zero-order valence-electron chi connectivity index (χ0n) is 12.1. The van der Waals surface area contributed by atoms with Crippen molar-refractivity contribution in [2.75, 3.05) is 11.9 Å². The van der Waals surface area contributed by atoms with Crippen molar-refractivity contribution in [3.63, 3.8) is 0 Å². The number of nitrogens with zero attached hydrogens (tertiary/aromatic N) is 1. The third-order valence-corrected chi connectivity index (χ3v) is 5.22. The summed E-state index contributed by atoms with van der Waals surface area (Å²) >= 11 is 3.41. The van der Waals surface area contributed by atoms with Gasteiger partial charge in [-0.25, -0.2) is 4.98 Å². The lowest BCUT2D eigenvalue weighted by Gasteiger charge is -2.36. The van der Waals surface area contributed by atoms with E-state index in [2.05, 4.69) is 33.2 Å². The number of hydrogen-bond donors (Lipinski definition) is 2. The van der Waals surface area contributed by atoms with Gasteiger partial charge in [0.1, 0.15) is 5.82 Å². The molecule has 0 bridgehead atoms. The van der Waals surface area contributed by atoms with Gasteiger partial charge in [-0.05, 0) is 66.1 Å². The van der Waals surface area contributed by atoms with Crippen molar-refractivity contribution in [2.45, 2.75) is 39.5 Å². The van der Waals surface area contributed by atoms with Gasteiger partial charge in [-0.15, -0.1) is 0 Å². The monoisotopic (exact) mass is 339 g/mol. The first-order valence-corrected chi connectivity index (χ1v) is 7.90. The molecule has 0 unspecified atom stereocenters. The molecule has 1 heterocycles. The smallest absolute Gasteiger partial charge is 0.233 e. The van der Waals surface area contributed by atoms with Gasteiger partial charge in [0.2, 0.25) is 5.91 Å². The Hall–Kier alpha value is -0.940. The quantitative estimate of drug-likeness (QED) is 0.888. The Balaban J connectivity index is 2.11. The van der Waals surface area contributed by atoms with Crippen LogP contribution in [-0.4, -0.2) is 17.4 Å². The third kappa shape index (κ3) is 3.20. The average molecular weight is 340 g/mol. The number of halogens is 1. The molecule has 0 aliphatic heterocycles. The largest absolute Gasteiger partial charge is 0.329 e. The summed E-state index contributed by atoms with van der Waals surface area (Å²) in [4.78, 5) is 16.8. The zero-order chi connectivity index (χ0) is 14.8. The number of hydrogen-bond acceptors (Lipinski definition) is 3. The highest BCUT2D eigenvalue weighted by Crippen LogP contribution is 2.39. The maximum absolute atomic E-state index is 12.6. The molecule has 4 nitrogen and oxygen atoms in total. The number of anilines is 1. The van der Waals surface area contributed by atoms with Crippen LogP contribution in [0.2, 0.25) is 0 Å². The topological polar surface area (TPSA) is 68.0 Å². The minimum atomic E-state index is -0.421. The fourth-order valence-electron chi connectivity index (χ4n) is 2.70. The Morgan fingerprint density at radius 1 is 1.55 bits per heavy atom. The summed E-state index contributed by atoms with van der Waals surface area (Å²) in [7, 11) is 0. The third-order valence-electron chi connectivity index (χ3n) is 4.39. The number of amides is 1. The summed E-state index contributed by atoms with van der Waals surface area (Å²) < 4.78 is 0.940. The molecule has 1 aromatic rings. The van der Waals surface area contributed by atoms with Crippen molar-refractivity contribution in [1.29, 1.82) is 0 Å². The first kappa shape index (κ1) is 15.4. The van der Waals surface area contributed by atoms with E-state index in [0.29, 0.717) is 18.3 Å². The maximum atomic E-state index is 12.6. The SMILES string of the molecule is Cc1cc(NC(=O)C2(CN)CCC(C)CC2)ncc1Br. The summed E-state index contributed by atoms with van der Waals surface area (Å²) in [6.45, 7) is 4.61. The van der Waals surface area contributed by atoms with E-state index in [1.54, 1.807) is 6.20 Å². The van der Waals surface area contributed by atoms with E-state index in [0.717, 1.165) is 35.7 Å². The van der Waals surface area contributed by atoms with Crippen molar-refractivity contribution in [3.05, 3.63) is 22.3 Å². The van der Waals surface area contributed by atoms with Crippen LogP contribution < -0.4 is 11.1 Å². The van der Waals surface area contributed by atoms with Crippen molar-refractivity contribution < 1.29 is 4.79 Å². The van der Waals surface area contributed by atoms with Gasteiger partial charge in [-0.2, -0.15) is 0 Å². The second kappa shape index (κ2) is 6.22. The average Bonchev–Trinajstić information content (AvgIpc) is 2.44. The number of carbonyl (C=O) groups excluding carboxylic acids is 1. The molecule has 1 fully saturated rings. The van der Waals surface area contributed by atoms with Gasteiger partial charge in [0.15, 0.2) is 0 Å². The van der Waals surface area contributed by atoms with Crippen molar-refractivity contribution >= 4 is 27.7 Å². The van der Waals surface area contributed by atoms with Gasteiger partial charge in [-0.3, -0.25) is 4.79 Å². The second-order valence-corrected chi connectivity index (χ2v) is 6.79. The number of aryl methyl sites for hydroxylation is 1. The lowest BCUT2D eigenvalue weighted by Crippen LogP contribution is -2.45. The second-order valence-electron chi connectivity index (χ2n) is 5.94. The van der Waals surface area contributed by atoms with Crippen LogP contribution >= 0.6 is 15.9 Å². The Bertz CT molecular complexity index is 496. The predicted octanol–water partition coefficient (Wildman–Crippen LogP) is 3.25. The molecule has 2 rings (SSSR count).